The van der Waals surface area contributed by atoms with E-state index >= 15 is 0 Å². The Morgan fingerprint density at radius 1 is 0.549 bits per heavy atom. The molecule has 0 fully saturated rings. The lowest BCUT2D eigenvalue weighted by molar-refractivity contribution is 0.553. The maximum absolute atomic E-state index is 5.16. The van der Waals surface area contributed by atoms with Gasteiger partial charge in [-0.05, 0) is 88.8 Å². The van der Waals surface area contributed by atoms with Gasteiger partial charge < -0.3 is 4.81 Å². The van der Waals surface area contributed by atoms with E-state index in [2.05, 4.69) is 138 Å². The van der Waals surface area contributed by atoms with Crippen LogP contribution in [0.1, 0.15) is 18.7 Å². The third kappa shape index (κ3) is 4.86. The van der Waals surface area contributed by atoms with E-state index in [-0.39, 0.29) is 12.9 Å². The van der Waals surface area contributed by atoms with Crippen molar-refractivity contribution in [2.75, 3.05) is 4.81 Å². The van der Waals surface area contributed by atoms with Crippen LogP contribution in [0.25, 0.3) is 56.2 Å². The van der Waals surface area contributed by atoms with Crippen LogP contribution in [-0.4, -0.2) is 28.0 Å². The van der Waals surface area contributed by atoms with Crippen molar-refractivity contribution in [1.82, 2.24) is 15.0 Å². The molecule has 5 nitrogen and oxygen atoms in total. The van der Waals surface area contributed by atoms with Crippen LogP contribution in [0, 0.1) is 5.92 Å². The Balaban J connectivity index is 1.12. The van der Waals surface area contributed by atoms with Crippen LogP contribution in [0.4, 0.5) is 11.4 Å². The normalized spacial score (nSPS) is 16.5. The SMILES string of the molecule is CC1C=CC=NC1c1cccc(-c2ccc3c(c2)-c2ccccc2B2c4ccccc4-c4cc(-c5cccc(-c6ccccn6)n5)ccc4N23)n1. The smallest absolute Gasteiger partial charge is 0.329 e. The van der Waals surface area contributed by atoms with Crippen molar-refractivity contribution in [1.29, 1.82) is 0 Å². The maximum Gasteiger partial charge on any atom is 0.329 e. The van der Waals surface area contributed by atoms with Gasteiger partial charge in [0.1, 0.15) is 0 Å². The van der Waals surface area contributed by atoms with E-state index in [1.165, 1.54) is 44.6 Å². The van der Waals surface area contributed by atoms with Gasteiger partial charge in [-0.3, -0.25) is 15.0 Å². The van der Waals surface area contributed by atoms with Gasteiger partial charge in [0, 0.05) is 52.0 Å². The van der Waals surface area contributed by atoms with Gasteiger partial charge in [-0.1, -0.05) is 91.9 Å². The number of pyridine rings is 3. The molecule has 6 heterocycles. The zero-order valence-electron chi connectivity index (χ0n) is 28.1. The molecule has 0 saturated heterocycles. The average molecular weight is 654 g/mol. The summed E-state index contributed by atoms with van der Waals surface area (Å²) in [6, 6.07) is 49.8. The lowest BCUT2D eigenvalue weighted by Crippen LogP contribution is -2.59. The first-order valence-corrected chi connectivity index (χ1v) is 17.5. The standard InChI is InChI=1S/C45H32BN5/c1-29-11-10-26-48-45(29)42-20-9-18-39(50-42)31-22-24-44-35(28-31)33-13-3-5-15-37(33)46-36-14-4-2-12-32(36)34-27-30(21-23-43(34)51(44)46)38-17-8-19-41(49-38)40-16-6-7-25-47-40/h2-29,45H,1H3. The molecule has 7 aromatic rings. The summed E-state index contributed by atoms with van der Waals surface area (Å²) >= 11 is 0. The van der Waals surface area contributed by atoms with Crippen LogP contribution in [0.15, 0.2) is 163 Å². The number of hydrogen-bond donors (Lipinski definition) is 0. The molecule has 10 rings (SSSR count). The molecular formula is C45H32BN5. The molecule has 0 amide bonds. The first-order chi connectivity index (χ1) is 25.2. The fourth-order valence-corrected chi connectivity index (χ4v) is 8.04. The quantitative estimate of drug-likeness (QED) is 0.178. The third-order valence-electron chi connectivity index (χ3n) is 10.4. The molecule has 2 atom stereocenters. The number of dihydropyridines is 1. The molecule has 0 bridgehead atoms. The highest BCUT2D eigenvalue weighted by atomic mass is 15.1. The van der Waals surface area contributed by atoms with Crippen LogP contribution < -0.4 is 15.7 Å². The molecule has 240 valence electrons. The van der Waals surface area contributed by atoms with Crippen LogP contribution in [0.5, 0.6) is 0 Å². The van der Waals surface area contributed by atoms with E-state index in [1.54, 1.807) is 0 Å². The number of rotatable bonds is 4. The van der Waals surface area contributed by atoms with Crippen molar-refractivity contribution in [2.24, 2.45) is 10.9 Å². The van der Waals surface area contributed by atoms with Gasteiger partial charge in [0.25, 0.3) is 0 Å². The first kappa shape index (κ1) is 29.5. The number of hydrogen-bond acceptors (Lipinski definition) is 5. The summed E-state index contributed by atoms with van der Waals surface area (Å²) in [5.41, 5.74) is 16.7. The van der Waals surface area contributed by atoms with Crippen LogP contribution in [0.3, 0.4) is 0 Å². The Labute approximate surface area is 297 Å². The van der Waals surface area contributed by atoms with Crippen LogP contribution in [0.2, 0.25) is 0 Å². The molecule has 0 spiro atoms. The number of aromatic nitrogens is 3. The second-order valence-corrected chi connectivity index (χ2v) is 13.5. The molecular weight excluding hydrogens is 621 g/mol. The second kappa shape index (κ2) is 11.9. The lowest BCUT2D eigenvalue weighted by Gasteiger charge is -2.43. The predicted molar refractivity (Wildman–Crippen MR) is 210 cm³/mol. The Hall–Kier alpha value is -6.40. The lowest BCUT2D eigenvalue weighted by atomic mass is 9.43. The number of nitrogens with zero attached hydrogens (tertiary/aromatic N) is 5. The van der Waals surface area contributed by atoms with Crippen molar-refractivity contribution in [3.63, 3.8) is 0 Å². The number of benzene rings is 4. The van der Waals surface area contributed by atoms with Crippen molar-refractivity contribution >= 4 is 35.4 Å². The molecule has 2 unspecified atom stereocenters. The van der Waals surface area contributed by atoms with Crippen LogP contribution in [-0.2, 0) is 0 Å². The monoisotopic (exact) mass is 653 g/mol. The number of allylic oxidation sites excluding steroid dienone is 1. The average Bonchev–Trinajstić information content (AvgIpc) is 3.21. The number of anilines is 2. The molecule has 6 heteroatoms. The Morgan fingerprint density at radius 3 is 1.82 bits per heavy atom. The van der Waals surface area contributed by atoms with E-state index in [9.17, 15) is 0 Å². The third-order valence-corrected chi connectivity index (χ3v) is 10.4. The topological polar surface area (TPSA) is 54.3 Å². The molecule has 0 radical (unpaired) electrons. The largest absolute Gasteiger partial charge is 0.376 e. The Morgan fingerprint density at radius 2 is 1.16 bits per heavy atom. The zero-order chi connectivity index (χ0) is 33.9. The molecule has 51 heavy (non-hydrogen) atoms. The number of aliphatic imine (C=N–C) groups is 1. The molecule has 0 aliphatic carbocycles. The summed E-state index contributed by atoms with van der Waals surface area (Å²) in [5.74, 6) is 0.299. The number of fused-ring (bicyclic) bond motifs is 11. The van der Waals surface area contributed by atoms with Gasteiger partial charge in [-0.15, -0.1) is 0 Å². The summed E-state index contributed by atoms with van der Waals surface area (Å²) in [7, 11) is 0. The van der Waals surface area contributed by atoms with Gasteiger partial charge >= 0.3 is 6.85 Å². The molecule has 3 aromatic heterocycles. The van der Waals surface area contributed by atoms with Gasteiger partial charge in [0.15, 0.2) is 0 Å². The molecule has 0 saturated carbocycles. The Kier molecular flexibility index (Phi) is 6.88. The highest BCUT2D eigenvalue weighted by molar-refractivity contribution is 6.92. The van der Waals surface area contributed by atoms with Crippen molar-refractivity contribution in [2.45, 2.75) is 13.0 Å². The summed E-state index contributed by atoms with van der Waals surface area (Å²) in [6.07, 6.45) is 7.92. The highest BCUT2D eigenvalue weighted by Crippen LogP contribution is 2.47. The maximum atomic E-state index is 5.16. The summed E-state index contributed by atoms with van der Waals surface area (Å²) < 4.78 is 0. The molecule has 3 aliphatic heterocycles. The van der Waals surface area contributed by atoms with Crippen molar-refractivity contribution in [3.8, 4) is 56.2 Å². The fraction of sp³-hybridized carbons (Fsp3) is 0.0667. The highest BCUT2D eigenvalue weighted by Gasteiger charge is 2.42. The van der Waals surface area contributed by atoms with Gasteiger partial charge in [0.2, 0.25) is 0 Å². The van der Waals surface area contributed by atoms with E-state index < -0.39 is 0 Å². The first-order valence-electron chi connectivity index (χ1n) is 17.5. The minimum Gasteiger partial charge on any atom is -0.376 e. The second-order valence-electron chi connectivity index (χ2n) is 13.5. The van der Waals surface area contributed by atoms with E-state index in [0.717, 1.165) is 39.6 Å². The summed E-state index contributed by atoms with van der Waals surface area (Å²) in [6.45, 7) is 2.24. The Bertz CT molecular complexity index is 2540. The van der Waals surface area contributed by atoms with Crippen molar-refractivity contribution < 1.29 is 0 Å². The van der Waals surface area contributed by atoms with Gasteiger partial charge in [-0.25, -0.2) is 4.98 Å². The molecule has 0 N–H and O–H groups in total. The van der Waals surface area contributed by atoms with Gasteiger partial charge in [-0.2, -0.15) is 0 Å². The minimum absolute atomic E-state index is 0.0246. The van der Waals surface area contributed by atoms with Crippen molar-refractivity contribution in [3.05, 3.63) is 164 Å². The zero-order valence-corrected chi connectivity index (χ0v) is 28.1. The molecule has 3 aliphatic rings. The summed E-state index contributed by atoms with van der Waals surface area (Å²) in [5, 5.41) is 0. The predicted octanol–water partition coefficient (Wildman–Crippen LogP) is 9.10. The fourth-order valence-electron chi connectivity index (χ4n) is 8.04. The van der Waals surface area contributed by atoms with E-state index in [1.807, 2.05) is 42.8 Å². The van der Waals surface area contributed by atoms with Gasteiger partial charge in [0.05, 0.1) is 34.5 Å². The summed E-state index contributed by atoms with van der Waals surface area (Å²) in [4.78, 5) is 22.0. The minimum atomic E-state index is 0.0246. The van der Waals surface area contributed by atoms with E-state index in [0.29, 0.717) is 5.92 Å². The van der Waals surface area contributed by atoms with E-state index in [4.69, 9.17) is 15.0 Å². The molecule has 4 aromatic carbocycles. The van der Waals surface area contributed by atoms with Crippen LogP contribution >= 0.6 is 0 Å².